The summed E-state index contributed by atoms with van der Waals surface area (Å²) < 4.78 is 40.4. The zero-order chi connectivity index (χ0) is 26.1. The molecule has 0 radical (unpaired) electrons. The normalized spacial score (nSPS) is 10.9. The molecular formula is C28H28FNO6. The van der Waals surface area contributed by atoms with Gasteiger partial charge in [-0.2, -0.15) is 0 Å². The maximum Gasteiger partial charge on any atom is 0.203 e. The highest BCUT2D eigenvalue weighted by Crippen LogP contribution is 2.38. The van der Waals surface area contributed by atoms with E-state index in [1.54, 1.807) is 28.4 Å². The third kappa shape index (κ3) is 6.15. The van der Waals surface area contributed by atoms with Crippen molar-refractivity contribution in [3.63, 3.8) is 0 Å². The molecule has 0 heterocycles. The van der Waals surface area contributed by atoms with Crippen LogP contribution in [0.2, 0.25) is 0 Å². The third-order valence-electron chi connectivity index (χ3n) is 5.29. The van der Waals surface area contributed by atoms with Crippen molar-refractivity contribution in [3.8, 4) is 28.7 Å². The van der Waals surface area contributed by atoms with Crippen LogP contribution in [0.1, 0.15) is 21.5 Å². The topological polar surface area (TPSA) is 75.3 Å². The molecule has 0 bridgehead atoms. The first kappa shape index (κ1) is 26.2. The quantitative estimate of drug-likeness (QED) is 0.204. The number of methoxy groups -OCH3 is 5. The molecule has 1 N–H and O–H groups in total. The molecule has 0 aliphatic rings. The fourth-order valence-corrected chi connectivity index (χ4v) is 3.46. The molecule has 188 valence electrons. The second-order valence-corrected chi connectivity index (χ2v) is 7.44. The van der Waals surface area contributed by atoms with E-state index in [0.29, 0.717) is 28.7 Å². The SMILES string of the molecule is COc1ccc(C(=O)C=CNc2cc(C=Cc3cc(OC)c(OC)c(OC)c3)ccc2OC)cc1F. The van der Waals surface area contributed by atoms with Crippen molar-refractivity contribution in [3.05, 3.63) is 83.3 Å². The Balaban J connectivity index is 1.79. The number of hydrogen-bond acceptors (Lipinski definition) is 7. The molecule has 0 saturated carbocycles. The van der Waals surface area contributed by atoms with Crippen LogP contribution >= 0.6 is 0 Å². The monoisotopic (exact) mass is 493 g/mol. The van der Waals surface area contributed by atoms with E-state index in [9.17, 15) is 9.18 Å². The molecule has 8 heteroatoms. The molecule has 0 unspecified atom stereocenters. The lowest BCUT2D eigenvalue weighted by Gasteiger charge is -2.13. The van der Waals surface area contributed by atoms with E-state index in [1.165, 1.54) is 31.5 Å². The van der Waals surface area contributed by atoms with E-state index in [4.69, 9.17) is 23.7 Å². The van der Waals surface area contributed by atoms with Crippen LogP contribution in [0.15, 0.2) is 60.8 Å². The average Bonchev–Trinajstić information content (AvgIpc) is 2.91. The predicted octanol–water partition coefficient (Wildman–Crippen LogP) is 5.85. The lowest BCUT2D eigenvalue weighted by molar-refractivity contribution is 0.104. The fourth-order valence-electron chi connectivity index (χ4n) is 3.46. The molecule has 3 rings (SSSR count). The number of rotatable bonds is 11. The van der Waals surface area contributed by atoms with Crippen LogP contribution < -0.4 is 29.0 Å². The van der Waals surface area contributed by atoms with Gasteiger partial charge in [0.2, 0.25) is 5.75 Å². The first-order valence-corrected chi connectivity index (χ1v) is 10.9. The summed E-state index contributed by atoms with van der Waals surface area (Å²) in [6.45, 7) is 0. The molecule has 36 heavy (non-hydrogen) atoms. The van der Waals surface area contributed by atoms with Crippen LogP contribution in [0.5, 0.6) is 28.7 Å². The maximum absolute atomic E-state index is 13.9. The van der Waals surface area contributed by atoms with Gasteiger partial charge in [-0.05, 0) is 53.6 Å². The summed E-state index contributed by atoms with van der Waals surface area (Å²) in [6, 6.07) is 13.3. The van der Waals surface area contributed by atoms with Crippen LogP contribution in [-0.2, 0) is 0 Å². The van der Waals surface area contributed by atoms with Crippen molar-refractivity contribution in [2.75, 3.05) is 40.9 Å². The van der Waals surface area contributed by atoms with Crippen molar-refractivity contribution in [1.29, 1.82) is 0 Å². The van der Waals surface area contributed by atoms with Gasteiger partial charge in [0.05, 0.1) is 41.2 Å². The summed E-state index contributed by atoms with van der Waals surface area (Å²) in [5.41, 5.74) is 2.59. The summed E-state index contributed by atoms with van der Waals surface area (Å²) in [4.78, 5) is 12.4. The second-order valence-electron chi connectivity index (χ2n) is 7.44. The van der Waals surface area contributed by atoms with E-state index < -0.39 is 5.82 Å². The van der Waals surface area contributed by atoms with Gasteiger partial charge in [-0.3, -0.25) is 4.79 Å². The van der Waals surface area contributed by atoms with E-state index in [0.717, 1.165) is 17.2 Å². The summed E-state index contributed by atoms with van der Waals surface area (Å²) in [6.07, 6.45) is 6.63. The molecule has 0 fully saturated rings. The van der Waals surface area contributed by atoms with Gasteiger partial charge in [0, 0.05) is 17.8 Å². The van der Waals surface area contributed by atoms with E-state index in [-0.39, 0.29) is 17.1 Å². The van der Waals surface area contributed by atoms with Crippen molar-refractivity contribution < 1.29 is 32.9 Å². The van der Waals surface area contributed by atoms with Crippen molar-refractivity contribution in [1.82, 2.24) is 0 Å². The Labute approximate surface area is 209 Å². The van der Waals surface area contributed by atoms with Gasteiger partial charge in [-0.25, -0.2) is 4.39 Å². The van der Waals surface area contributed by atoms with Gasteiger partial charge in [-0.1, -0.05) is 18.2 Å². The van der Waals surface area contributed by atoms with E-state index in [1.807, 2.05) is 42.5 Å². The van der Waals surface area contributed by atoms with Crippen LogP contribution in [0, 0.1) is 5.82 Å². The minimum absolute atomic E-state index is 0.0785. The van der Waals surface area contributed by atoms with E-state index >= 15 is 0 Å². The van der Waals surface area contributed by atoms with Crippen molar-refractivity contribution in [2.45, 2.75) is 0 Å². The van der Waals surface area contributed by atoms with Crippen LogP contribution in [-0.4, -0.2) is 41.3 Å². The Morgan fingerprint density at radius 3 is 1.92 bits per heavy atom. The fraction of sp³-hybridized carbons (Fsp3) is 0.179. The molecule has 0 amide bonds. The number of allylic oxidation sites excluding steroid dienone is 1. The van der Waals surface area contributed by atoms with Gasteiger partial charge in [0.15, 0.2) is 28.8 Å². The number of carbonyl (C=O) groups excluding carboxylic acids is 1. The highest BCUT2D eigenvalue weighted by atomic mass is 19.1. The Morgan fingerprint density at radius 2 is 1.33 bits per heavy atom. The standard InChI is InChI=1S/C28H28FNO6/c1-32-24-11-9-20(17-21(24)29)23(31)12-13-30-22-14-18(8-10-25(22)33-2)6-7-19-15-26(34-3)28(36-5)27(16-19)35-4/h6-17,30H,1-5H3. The number of ketones is 1. The Kier molecular flexibility index (Phi) is 8.94. The van der Waals surface area contributed by atoms with Crippen LogP contribution in [0.25, 0.3) is 12.2 Å². The third-order valence-corrected chi connectivity index (χ3v) is 5.29. The molecule has 7 nitrogen and oxygen atoms in total. The number of ether oxygens (including phenoxy) is 5. The molecule has 3 aromatic carbocycles. The first-order valence-electron chi connectivity index (χ1n) is 10.9. The molecule has 0 aliphatic heterocycles. The number of anilines is 1. The smallest absolute Gasteiger partial charge is 0.203 e. The maximum atomic E-state index is 13.9. The molecule has 0 aliphatic carbocycles. The predicted molar refractivity (Wildman–Crippen MR) is 138 cm³/mol. The largest absolute Gasteiger partial charge is 0.495 e. The van der Waals surface area contributed by atoms with Gasteiger partial charge in [0.1, 0.15) is 5.75 Å². The second kappa shape index (κ2) is 12.3. The number of hydrogen-bond donors (Lipinski definition) is 1. The summed E-state index contributed by atoms with van der Waals surface area (Å²) in [7, 11) is 7.61. The Bertz CT molecular complexity index is 1260. The van der Waals surface area contributed by atoms with Gasteiger partial charge < -0.3 is 29.0 Å². The number of carbonyl (C=O) groups is 1. The summed E-state index contributed by atoms with van der Waals surface area (Å²) in [5, 5.41) is 3.06. The van der Waals surface area contributed by atoms with Gasteiger partial charge >= 0.3 is 0 Å². The Morgan fingerprint density at radius 1 is 0.722 bits per heavy atom. The minimum Gasteiger partial charge on any atom is -0.495 e. The molecular weight excluding hydrogens is 465 g/mol. The van der Waals surface area contributed by atoms with Crippen molar-refractivity contribution in [2.24, 2.45) is 0 Å². The molecule has 3 aromatic rings. The Hall–Kier alpha value is -4.46. The average molecular weight is 494 g/mol. The highest BCUT2D eigenvalue weighted by molar-refractivity contribution is 6.04. The number of halogens is 1. The lowest BCUT2D eigenvalue weighted by atomic mass is 10.1. The molecule has 0 atom stereocenters. The zero-order valence-corrected chi connectivity index (χ0v) is 20.8. The van der Waals surface area contributed by atoms with Crippen LogP contribution in [0.4, 0.5) is 10.1 Å². The molecule has 0 spiro atoms. The molecule has 0 saturated heterocycles. The first-order chi connectivity index (χ1) is 17.4. The lowest BCUT2D eigenvalue weighted by Crippen LogP contribution is -1.99. The van der Waals surface area contributed by atoms with Crippen molar-refractivity contribution >= 4 is 23.6 Å². The van der Waals surface area contributed by atoms with Crippen LogP contribution in [0.3, 0.4) is 0 Å². The molecule has 0 aromatic heterocycles. The van der Waals surface area contributed by atoms with Gasteiger partial charge in [-0.15, -0.1) is 0 Å². The summed E-state index contributed by atoms with van der Waals surface area (Å²) in [5.74, 6) is 1.34. The number of nitrogens with one attached hydrogen (secondary N) is 1. The van der Waals surface area contributed by atoms with E-state index in [2.05, 4.69) is 5.32 Å². The highest BCUT2D eigenvalue weighted by Gasteiger charge is 2.12. The summed E-state index contributed by atoms with van der Waals surface area (Å²) >= 11 is 0. The zero-order valence-electron chi connectivity index (χ0n) is 20.8. The number of benzene rings is 3. The minimum atomic E-state index is -0.599. The van der Waals surface area contributed by atoms with Gasteiger partial charge in [0.25, 0.3) is 0 Å².